The van der Waals surface area contributed by atoms with Crippen molar-refractivity contribution in [2.75, 3.05) is 13.2 Å². The Hall–Kier alpha value is -0.610. The van der Waals surface area contributed by atoms with Gasteiger partial charge in [0, 0.05) is 13.3 Å². The first-order valence-corrected chi connectivity index (χ1v) is 4.36. The molecule has 0 bridgehead atoms. The first-order chi connectivity index (χ1) is 5.92. The molecule has 78 valence electrons. The van der Waals surface area contributed by atoms with Crippen molar-refractivity contribution >= 4 is 5.97 Å². The van der Waals surface area contributed by atoms with Crippen LogP contribution in [0.1, 0.15) is 34.1 Å². The average Bonchev–Trinajstić information content (AvgIpc) is 1.93. The van der Waals surface area contributed by atoms with E-state index in [2.05, 4.69) is 0 Å². The molecule has 0 saturated heterocycles. The molecule has 0 unspecified atom stereocenters. The number of hydrogen-bond donors (Lipinski definition) is 0. The van der Waals surface area contributed by atoms with Gasteiger partial charge in [0.25, 0.3) is 0 Å². The second kappa shape index (κ2) is 5.94. The lowest BCUT2D eigenvalue weighted by molar-refractivity contribution is -0.349. The molecule has 0 aromatic heterocycles. The number of ether oxygens (including phenoxy) is 1. The molecule has 0 saturated carbocycles. The Bertz CT molecular complexity index is 148. The van der Waals surface area contributed by atoms with Gasteiger partial charge in [0.2, 0.25) is 0 Å². The number of esters is 1. The topological polar surface area (TPSA) is 44.8 Å². The van der Waals surface area contributed by atoms with Gasteiger partial charge in [-0.05, 0) is 20.8 Å². The summed E-state index contributed by atoms with van der Waals surface area (Å²) in [6.07, 6.45) is 0.648. The van der Waals surface area contributed by atoms with E-state index in [1.165, 1.54) is 6.92 Å². The Morgan fingerprint density at radius 3 is 2.31 bits per heavy atom. The number of carbonyl (C=O) groups is 1. The zero-order valence-corrected chi connectivity index (χ0v) is 8.75. The Labute approximate surface area is 79.1 Å². The zero-order chi connectivity index (χ0) is 10.3. The lowest BCUT2D eigenvalue weighted by Gasteiger charge is -2.17. The smallest absolute Gasteiger partial charge is 0.302 e. The molecule has 0 heterocycles. The van der Waals surface area contributed by atoms with Gasteiger partial charge in [0.15, 0.2) is 0 Å². The van der Waals surface area contributed by atoms with Crippen molar-refractivity contribution in [3.05, 3.63) is 0 Å². The standard InChI is InChI=1S/C9H18O4/c1-8(10)11-6-5-7-12-13-9(2,3)4/h5-7H2,1-4H3. The zero-order valence-electron chi connectivity index (χ0n) is 8.75. The molecule has 0 radical (unpaired) electrons. The van der Waals surface area contributed by atoms with Crippen LogP contribution in [0.4, 0.5) is 0 Å². The summed E-state index contributed by atoms with van der Waals surface area (Å²) < 4.78 is 4.70. The second-order valence-electron chi connectivity index (χ2n) is 3.71. The van der Waals surface area contributed by atoms with Crippen LogP contribution < -0.4 is 0 Å². The van der Waals surface area contributed by atoms with Crippen LogP contribution in [0.25, 0.3) is 0 Å². The highest BCUT2D eigenvalue weighted by atomic mass is 17.2. The number of rotatable bonds is 5. The molecule has 4 heteroatoms. The van der Waals surface area contributed by atoms with E-state index in [-0.39, 0.29) is 11.6 Å². The molecule has 0 amide bonds. The summed E-state index contributed by atoms with van der Waals surface area (Å²) in [4.78, 5) is 20.2. The summed E-state index contributed by atoms with van der Waals surface area (Å²) in [5.74, 6) is -0.267. The first kappa shape index (κ1) is 12.4. The molecule has 0 N–H and O–H groups in total. The van der Waals surface area contributed by atoms with Crippen LogP contribution in [0.2, 0.25) is 0 Å². The normalized spacial score (nSPS) is 11.4. The van der Waals surface area contributed by atoms with Crippen molar-refractivity contribution in [2.45, 2.75) is 39.7 Å². The summed E-state index contributed by atoms with van der Waals surface area (Å²) in [7, 11) is 0. The maximum Gasteiger partial charge on any atom is 0.302 e. The lowest BCUT2D eigenvalue weighted by atomic mass is 10.2. The van der Waals surface area contributed by atoms with E-state index in [1.807, 2.05) is 20.8 Å². The third-order valence-electron chi connectivity index (χ3n) is 0.986. The van der Waals surface area contributed by atoms with E-state index in [9.17, 15) is 4.79 Å². The van der Waals surface area contributed by atoms with Gasteiger partial charge in [-0.3, -0.25) is 4.79 Å². The van der Waals surface area contributed by atoms with Gasteiger partial charge in [-0.1, -0.05) is 0 Å². The Kier molecular flexibility index (Phi) is 5.66. The molecule has 0 rings (SSSR count). The van der Waals surface area contributed by atoms with Crippen molar-refractivity contribution in [3.63, 3.8) is 0 Å². The Morgan fingerprint density at radius 2 is 1.85 bits per heavy atom. The van der Waals surface area contributed by atoms with Crippen LogP contribution in [-0.4, -0.2) is 24.8 Å². The molecular formula is C9H18O4. The number of carbonyl (C=O) groups excluding carboxylic acids is 1. The third kappa shape index (κ3) is 11.4. The van der Waals surface area contributed by atoms with Gasteiger partial charge in [-0.2, -0.15) is 0 Å². The van der Waals surface area contributed by atoms with Gasteiger partial charge < -0.3 is 4.74 Å². The predicted molar refractivity (Wildman–Crippen MR) is 48.0 cm³/mol. The van der Waals surface area contributed by atoms with E-state index in [4.69, 9.17) is 14.5 Å². The van der Waals surface area contributed by atoms with Crippen molar-refractivity contribution in [2.24, 2.45) is 0 Å². The van der Waals surface area contributed by atoms with Crippen LogP contribution in [0.5, 0.6) is 0 Å². The molecule has 0 aliphatic carbocycles. The van der Waals surface area contributed by atoms with Crippen molar-refractivity contribution < 1.29 is 19.3 Å². The lowest BCUT2D eigenvalue weighted by Crippen LogP contribution is -2.20. The van der Waals surface area contributed by atoms with Crippen LogP contribution in [0.3, 0.4) is 0 Å². The van der Waals surface area contributed by atoms with Gasteiger partial charge in [0.1, 0.15) is 0 Å². The van der Waals surface area contributed by atoms with Crippen molar-refractivity contribution in [3.8, 4) is 0 Å². The minimum atomic E-state index is -0.290. The predicted octanol–water partition coefficient (Wildman–Crippen LogP) is 1.69. The van der Waals surface area contributed by atoms with E-state index in [1.54, 1.807) is 0 Å². The molecule has 0 aliphatic rings. The van der Waals surface area contributed by atoms with Crippen LogP contribution >= 0.6 is 0 Å². The molecule has 0 fully saturated rings. The van der Waals surface area contributed by atoms with E-state index < -0.39 is 0 Å². The van der Waals surface area contributed by atoms with Gasteiger partial charge in [0.05, 0.1) is 18.8 Å². The van der Waals surface area contributed by atoms with Crippen LogP contribution in [0, 0.1) is 0 Å². The largest absolute Gasteiger partial charge is 0.466 e. The summed E-state index contributed by atoms with van der Waals surface area (Å²) >= 11 is 0. The monoisotopic (exact) mass is 190 g/mol. The fourth-order valence-electron chi connectivity index (χ4n) is 0.552. The highest BCUT2D eigenvalue weighted by Gasteiger charge is 2.10. The maximum atomic E-state index is 10.3. The highest BCUT2D eigenvalue weighted by molar-refractivity contribution is 5.65. The summed E-state index contributed by atoms with van der Waals surface area (Å²) in [6.45, 7) is 7.90. The van der Waals surface area contributed by atoms with Gasteiger partial charge in [-0.25, -0.2) is 9.78 Å². The average molecular weight is 190 g/mol. The van der Waals surface area contributed by atoms with Gasteiger partial charge in [-0.15, -0.1) is 0 Å². The molecule has 0 spiro atoms. The third-order valence-corrected chi connectivity index (χ3v) is 0.986. The molecular weight excluding hydrogens is 172 g/mol. The summed E-state index contributed by atoms with van der Waals surface area (Å²) in [5.41, 5.74) is -0.290. The quantitative estimate of drug-likeness (QED) is 0.286. The Morgan fingerprint density at radius 1 is 1.23 bits per heavy atom. The summed E-state index contributed by atoms with van der Waals surface area (Å²) in [6, 6.07) is 0. The fraction of sp³-hybridized carbons (Fsp3) is 0.889. The molecule has 13 heavy (non-hydrogen) atoms. The van der Waals surface area contributed by atoms with Gasteiger partial charge >= 0.3 is 5.97 Å². The first-order valence-electron chi connectivity index (χ1n) is 4.36. The fourth-order valence-corrected chi connectivity index (χ4v) is 0.552. The van der Waals surface area contributed by atoms with E-state index in [0.717, 1.165) is 0 Å². The maximum absolute atomic E-state index is 10.3. The SMILES string of the molecule is CC(=O)OCCCOOC(C)(C)C. The van der Waals surface area contributed by atoms with E-state index >= 15 is 0 Å². The second-order valence-corrected chi connectivity index (χ2v) is 3.71. The summed E-state index contributed by atoms with van der Waals surface area (Å²) in [5, 5.41) is 0. The number of hydrogen-bond acceptors (Lipinski definition) is 4. The minimum absolute atomic E-state index is 0.267. The molecule has 4 nitrogen and oxygen atoms in total. The highest BCUT2D eigenvalue weighted by Crippen LogP contribution is 2.06. The molecule has 0 atom stereocenters. The minimum Gasteiger partial charge on any atom is -0.466 e. The van der Waals surface area contributed by atoms with Crippen LogP contribution in [0.15, 0.2) is 0 Å². The van der Waals surface area contributed by atoms with Crippen LogP contribution in [-0.2, 0) is 19.3 Å². The Balaban J connectivity index is 3.13. The van der Waals surface area contributed by atoms with Crippen molar-refractivity contribution in [1.82, 2.24) is 0 Å². The molecule has 0 aliphatic heterocycles. The molecule has 0 aromatic rings. The van der Waals surface area contributed by atoms with Crippen molar-refractivity contribution in [1.29, 1.82) is 0 Å². The van der Waals surface area contributed by atoms with E-state index in [0.29, 0.717) is 19.6 Å². The molecule has 0 aromatic carbocycles.